The zero-order valence-electron chi connectivity index (χ0n) is 18.7. The number of nitrogens with one attached hydrogen (secondary N) is 1. The lowest BCUT2D eigenvalue weighted by Crippen LogP contribution is -2.38. The van der Waals surface area contributed by atoms with Gasteiger partial charge in [-0.05, 0) is 88.2 Å². The van der Waals surface area contributed by atoms with Crippen LogP contribution in [-0.4, -0.2) is 62.8 Å². The summed E-state index contributed by atoms with van der Waals surface area (Å²) in [6, 6.07) is 4.91. The van der Waals surface area contributed by atoms with Crippen LogP contribution in [0.4, 0.5) is 0 Å². The normalized spacial score (nSPS) is 20.4. The summed E-state index contributed by atoms with van der Waals surface area (Å²) in [6.45, 7) is 11.3. The fraction of sp³-hybridized carbons (Fsp3) is 0.696. The highest BCUT2D eigenvalue weighted by molar-refractivity contribution is 7.89. The molecule has 2 aliphatic rings. The van der Waals surface area contributed by atoms with Crippen LogP contribution in [-0.2, 0) is 10.0 Å². The second-order valence-electron chi connectivity index (χ2n) is 9.20. The Hall–Kier alpha value is -1.44. The quantitative estimate of drug-likeness (QED) is 0.668. The molecule has 1 aromatic rings. The van der Waals surface area contributed by atoms with Crippen LogP contribution in [0.25, 0.3) is 0 Å². The molecule has 1 N–H and O–H groups in total. The molecule has 0 bridgehead atoms. The van der Waals surface area contributed by atoms with E-state index in [1.54, 1.807) is 22.5 Å². The first-order valence-electron chi connectivity index (χ1n) is 11.4. The topological polar surface area (TPSA) is 69.7 Å². The van der Waals surface area contributed by atoms with Crippen molar-refractivity contribution >= 4 is 15.9 Å². The van der Waals surface area contributed by atoms with Crippen molar-refractivity contribution < 1.29 is 13.2 Å². The van der Waals surface area contributed by atoms with Gasteiger partial charge in [0.15, 0.2) is 0 Å². The number of hydrogen-bond donors (Lipinski definition) is 1. The molecule has 1 amide bonds. The lowest BCUT2D eigenvalue weighted by atomic mass is 9.99. The summed E-state index contributed by atoms with van der Waals surface area (Å²) >= 11 is 0. The van der Waals surface area contributed by atoms with E-state index in [2.05, 4.69) is 24.1 Å². The number of likely N-dealkylation sites (tertiary alicyclic amines) is 1. The number of benzene rings is 1. The van der Waals surface area contributed by atoms with Crippen LogP contribution >= 0.6 is 0 Å². The average Bonchev–Trinajstić information content (AvgIpc) is 2.73. The number of carbonyl (C=O) groups is 1. The van der Waals surface area contributed by atoms with Crippen molar-refractivity contribution in [2.24, 2.45) is 11.8 Å². The lowest BCUT2D eigenvalue weighted by molar-refractivity contribution is 0.0949. The molecule has 0 atom stereocenters. The summed E-state index contributed by atoms with van der Waals surface area (Å²) in [5.74, 6) is 1.19. The van der Waals surface area contributed by atoms with E-state index < -0.39 is 10.0 Å². The van der Waals surface area contributed by atoms with Crippen LogP contribution in [0, 0.1) is 18.8 Å². The molecule has 0 aromatic heterocycles. The lowest BCUT2D eigenvalue weighted by Gasteiger charge is -2.30. The molecule has 0 unspecified atom stereocenters. The molecule has 168 valence electrons. The molecule has 30 heavy (non-hydrogen) atoms. The molecule has 2 saturated heterocycles. The highest BCUT2D eigenvalue weighted by Gasteiger charge is 2.29. The summed E-state index contributed by atoms with van der Waals surface area (Å²) < 4.78 is 27.6. The molecule has 2 heterocycles. The SMILES string of the molecule is Cc1ccc(S(=O)(=O)N2CCC(C)CC2)cc1C(=O)NCCCN1CCC(C)CC1. The van der Waals surface area contributed by atoms with E-state index >= 15 is 0 Å². The van der Waals surface area contributed by atoms with Gasteiger partial charge in [-0.25, -0.2) is 8.42 Å². The first kappa shape index (κ1) is 23.2. The predicted octanol–water partition coefficient (Wildman–Crippen LogP) is 3.27. The maximum Gasteiger partial charge on any atom is 0.251 e. The van der Waals surface area contributed by atoms with Crippen LogP contribution in [0.3, 0.4) is 0 Å². The summed E-state index contributed by atoms with van der Waals surface area (Å²) in [6.07, 6.45) is 5.18. The number of nitrogens with zero attached hydrogens (tertiary/aromatic N) is 2. The number of piperidine rings is 2. The van der Waals surface area contributed by atoms with E-state index in [9.17, 15) is 13.2 Å². The van der Waals surface area contributed by atoms with Crippen LogP contribution < -0.4 is 5.32 Å². The molecule has 6 nitrogen and oxygen atoms in total. The fourth-order valence-electron chi connectivity index (χ4n) is 4.27. The highest BCUT2D eigenvalue weighted by atomic mass is 32.2. The molecule has 7 heteroatoms. The molecular formula is C23H37N3O3S. The van der Waals surface area contributed by atoms with E-state index in [-0.39, 0.29) is 10.8 Å². The van der Waals surface area contributed by atoms with Gasteiger partial charge in [-0.3, -0.25) is 4.79 Å². The third kappa shape index (κ3) is 5.83. The monoisotopic (exact) mass is 435 g/mol. The summed E-state index contributed by atoms with van der Waals surface area (Å²) in [4.78, 5) is 15.4. The van der Waals surface area contributed by atoms with Gasteiger partial charge in [-0.1, -0.05) is 19.9 Å². The van der Waals surface area contributed by atoms with E-state index in [1.807, 2.05) is 6.92 Å². The minimum atomic E-state index is -3.56. The molecule has 2 fully saturated rings. The van der Waals surface area contributed by atoms with E-state index in [1.165, 1.54) is 12.8 Å². The standard InChI is InChI=1S/C23H37N3O3S/c1-18-7-13-25(14-8-18)12-4-11-24-23(27)22-17-21(6-5-20(22)3)30(28,29)26-15-9-19(2)10-16-26/h5-6,17-19H,4,7-16H2,1-3H3,(H,24,27). The van der Waals surface area contributed by atoms with Crippen molar-refractivity contribution in [2.75, 3.05) is 39.3 Å². The van der Waals surface area contributed by atoms with Crippen LogP contribution in [0.2, 0.25) is 0 Å². The Morgan fingerprint density at radius 1 is 1.03 bits per heavy atom. The third-order valence-corrected chi connectivity index (χ3v) is 8.54. The van der Waals surface area contributed by atoms with Gasteiger partial charge in [0, 0.05) is 25.2 Å². The summed E-state index contributed by atoms with van der Waals surface area (Å²) in [5, 5.41) is 2.98. The van der Waals surface area contributed by atoms with Gasteiger partial charge in [0.05, 0.1) is 4.90 Å². The zero-order valence-corrected chi connectivity index (χ0v) is 19.5. The number of carbonyl (C=O) groups excluding carboxylic acids is 1. The number of aryl methyl sites for hydroxylation is 1. The van der Waals surface area contributed by atoms with Gasteiger partial charge in [0.25, 0.3) is 5.91 Å². The van der Waals surface area contributed by atoms with Crippen molar-refractivity contribution in [3.63, 3.8) is 0 Å². The van der Waals surface area contributed by atoms with Gasteiger partial charge in [0.1, 0.15) is 0 Å². The van der Waals surface area contributed by atoms with E-state index in [4.69, 9.17) is 0 Å². The minimum Gasteiger partial charge on any atom is -0.352 e. The Labute approximate surface area is 182 Å². The summed E-state index contributed by atoms with van der Waals surface area (Å²) in [5.41, 5.74) is 1.25. The van der Waals surface area contributed by atoms with E-state index in [0.29, 0.717) is 31.1 Å². The van der Waals surface area contributed by atoms with Crippen molar-refractivity contribution in [2.45, 2.75) is 57.8 Å². The average molecular weight is 436 g/mol. The van der Waals surface area contributed by atoms with Crippen molar-refractivity contribution in [1.82, 2.24) is 14.5 Å². The Bertz CT molecular complexity index is 824. The van der Waals surface area contributed by atoms with Gasteiger partial charge in [-0.15, -0.1) is 0 Å². The van der Waals surface area contributed by atoms with Crippen LogP contribution in [0.1, 0.15) is 61.9 Å². The predicted molar refractivity (Wildman–Crippen MR) is 120 cm³/mol. The number of sulfonamides is 1. The van der Waals surface area contributed by atoms with Gasteiger partial charge in [-0.2, -0.15) is 4.31 Å². The van der Waals surface area contributed by atoms with Gasteiger partial charge < -0.3 is 10.2 Å². The largest absolute Gasteiger partial charge is 0.352 e. The molecule has 0 saturated carbocycles. The Balaban J connectivity index is 1.57. The second kappa shape index (κ2) is 10.2. The van der Waals surface area contributed by atoms with Gasteiger partial charge >= 0.3 is 0 Å². The highest BCUT2D eigenvalue weighted by Crippen LogP contribution is 2.25. The summed E-state index contributed by atoms with van der Waals surface area (Å²) in [7, 11) is -3.56. The Morgan fingerprint density at radius 2 is 1.63 bits per heavy atom. The number of hydrogen-bond acceptors (Lipinski definition) is 4. The van der Waals surface area contributed by atoms with Crippen molar-refractivity contribution in [3.05, 3.63) is 29.3 Å². The molecule has 0 spiro atoms. The first-order chi connectivity index (χ1) is 14.3. The smallest absolute Gasteiger partial charge is 0.251 e. The third-order valence-electron chi connectivity index (χ3n) is 6.65. The molecule has 3 rings (SSSR count). The Kier molecular flexibility index (Phi) is 7.93. The van der Waals surface area contributed by atoms with Crippen molar-refractivity contribution in [3.8, 4) is 0 Å². The molecule has 0 aliphatic carbocycles. The Morgan fingerprint density at radius 3 is 2.27 bits per heavy atom. The van der Waals surface area contributed by atoms with Crippen LogP contribution in [0.5, 0.6) is 0 Å². The minimum absolute atomic E-state index is 0.191. The van der Waals surface area contributed by atoms with Gasteiger partial charge in [0.2, 0.25) is 10.0 Å². The maximum absolute atomic E-state index is 13.0. The van der Waals surface area contributed by atoms with Crippen molar-refractivity contribution in [1.29, 1.82) is 0 Å². The maximum atomic E-state index is 13.0. The number of amides is 1. The first-order valence-corrected chi connectivity index (χ1v) is 12.8. The zero-order chi connectivity index (χ0) is 21.7. The van der Waals surface area contributed by atoms with E-state index in [0.717, 1.165) is 50.4 Å². The fourth-order valence-corrected chi connectivity index (χ4v) is 5.76. The molecular weight excluding hydrogens is 398 g/mol. The molecule has 0 radical (unpaired) electrons. The van der Waals surface area contributed by atoms with Crippen LogP contribution in [0.15, 0.2) is 23.1 Å². The molecule has 1 aromatic carbocycles. The second-order valence-corrected chi connectivity index (χ2v) is 11.1. The molecule has 2 aliphatic heterocycles. The number of rotatable bonds is 7.